The van der Waals surface area contributed by atoms with Crippen LogP contribution in [0.2, 0.25) is 0 Å². The van der Waals surface area contributed by atoms with Gasteiger partial charge < -0.3 is 15.3 Å². The number of aliphatic carboxylic acids is 1. The third kappa shape index (κ3) is 2.19. The van der Waals surface area contributed by atoms with Gasteiger partial charge in [-0.1, -0.05) is 0 Å². The molecular weight excluding hydrogens is 156 g/mol. The topological polar surface area (TPSA) is 52.6 Å². The van der Waals surface area contributed by atoms with Crippen LogP contribution >= 0.6 is 0 Å². The van der Waals surface area contributed by atoms with Crippen LogP contribution in [0.1, 0.15) is 6.42 Å². The maximum atomic E-state index is 10.7. The highest BCUT2D eigenvalue weighted by Gasteiger charge is 2.27. The zero-order valence-electron chi connectivity index (χ0n) is 7.58. The van der Waals surface area contributed by atoms with Crippen molar-refractivity contribution in [2.45, 2.75) is 12.5 Å². The van der Waals surface area contributed by atoms with Gasteiger partial charge in [-0.25, -0.2) is 0 Å². The summed E-state index contributed by atoms with van der Waals surface area (Å²) in [6, 6.07) is 0.361. The predicted molar refractivity (Wildman–Crippen MR) is 46.1 cm³/mol. The van der Waals surface area contributed by atoms with E-state index in [0.29, 0.717) is 12.6 Å². The Hall–Kier alpha value is -0.610. The number of nitrogens with one attached hydrogen (secondary N) is 1. The summed E-state index contributed by atoms with van der Waals surface area (Å²) in [7, 11) is 3.97. The van der Waals surface area contributed by atoms with Gasteiger partial charge in [0.05, 0.1) is 5.92 Å². The normalized spacial score (nSPS) is 30.6. The van der Waals surface area contributed by atoms with Gasteiger partial charge >= 0.3 is 5.97 Å². The van der Waals surface area contributed by atoms with Crippen molar-refractivity contribution in [1.82, 2.24) is 10.2 Å². The molecule has 4 nitrogen and oxygen atoms in total. The number of piperidine rings is 1. The molecule has 1 heterocycles. The molecule has 2 N–H and O–H groups in total. The summed E-state index contributed by atoms with van der Waals surface area (Å²) < 4.78 is 0. The predicted octanol–water partition coefficient (Wildman–Crippen LogP) is -0.389. The van der Waals surface area contributed by atoms with E-state index >= 15 is 0 Å². The first-order valence-corrected chi connectivity index (χ1v) is 4.21. The Kier molecular flexibility index (Phi) is 3.05. The first-order valence-electron chi connectivity index (χ1n) is 4.21. The van der Waals surface area contributed by atoms with Crippen LogP contribution in [0.3, 0.4) is 0 Å². The van der Waals surface area contributed by atoms with E-state index in [9.17, 15) is 4.79 Å². The monoisotopic (exact) mass is 172 g/mol. The minimum atomic E-state index is -0.686. The number of hydrogen-bond donors (Lipinski definition) is 2. The Morgan fingerprint density at radius 1 is 1.50 bits per heavy atom. The van der Waals surface area contributed by atoms with Gasteiger partial charge in [-0.05, 0) is 20.5 Å². The summed E-state index contributed by atoms with van der Waals surface area (Å²) in [5.74, 6) is -0.903. The van der Waals surface area contributed by atoms with E-state index in [4.69, 9.17) is 5.11 Å². The number of carbonyl (C=O) groups is 1. The van der Waals surface area contributed by atoms with E-state index in [0.717, 1.165) is 13.0 Å². The molecule has 1 aliphatic rings. The van der Waals surface area contributed by atoms with Crippen molar-refractivity contribution in [1.29, 1.82) is 0 Å². The smallest absolute Gasteiger partial charge is 0.307 e. The Labute approximate surface area is 72.6 Å². The highest BCUT2D eigenvalue weighted by Crippen LogP contribution is 2.13. The van der Waals surface area contributed by atoms with Gasteiger partial charge in [-0.3, -0.25) is 4.79 Å². The number of carboxylic acids is 1. The van der Waals surface area contributed by atoms with Crippen LogP contribution in [0.15, 0.2) is 0 Å². The van der Waals surface area contributed by atoms with Crippen LogP contribution in [-0.4, -0.2) is 49.2 Å². The van der Waals surface area contributed by atoms with Crippen molar-refractivity contribution in [2.75, 3.05) is 27.2 Å². The lowest BCUT2D eigenvalue weighted by molar-refractivity contribution is -0.142. The second kappa shape index (κ2) is 3.87. The second-order valence-electron chi connectivity index (χ2n) is 3.55. The molecule has 1 fully saturated rings. The number of rotatable bonds is 2. The Bertz CT molecular complexity index is 170. The number of nitrogens with zero attached hydrogens (tertiary/aromatic N) is 1. The van der Waals surface area contributed by atoms with Crippen LogP contribution in [-0.2, 0) is 4.79 Å². The summed E-state index contributed by atoms with van der Waals surface area (Å²) >= 11 is 0. The minimum Gasteiger partial charge on any atom is -0.481 e. The fourth-order valence-electron chi connectivity index (χ4n) is 1.50. The molecule has 0 unspecified atom stereocenters. The van der Waals surface area contributed by atoms with Crippen LogP contribution in [0.5, 0.6) is 0 Å². The van der Waals surface area contributed by atoms with E-state index in [1.807, 2.05) is 14.1 Å². The molecule has 0 spiro atoms. The molecule has 0 saturated carbocycles. The van der Waals surface area contributed by atoms with E-state index in [2.05, 4.69) is 10.2 Å². The molecule has 0 amide bonds. The molecule has 4 heteroatoms. The largest absolute Gasteiger partial charge is 0.481 e. The highest BCUT2D eigenvalue weighted by molar-refractivity contribution is 5.70. The standard InChI is InChI=1S/C8H16N2O2/c1-10(2)7-3-6(8(11)12)4-9-5-7/h6-7,9H,3-5H2,1-2H3,(H,11,12)/t6-,7+/m0/s1. The third-order valence-corrected chi connectivity index (χ3v) is 2.41. The van der Waals surface area contributed by atoms with Crippen LogP contribution < -0.4 is 5.32 Å². The second-order valence-corrected chi connectivity index (χ2v) is 3.55. The molecule has 0 aliphatic carbocycles. The minimum absolute atomic E-state index is 0.217. The summed E-state index contributed by atoms with van der Waals surface area (Å²) in [4.78, 5) is 12.7. The molecule has 12 heavy (non-hydrogen) atoms. The number of likely N-dealkylation sites (N-methyl/N-ethyl adjacent to an activating group) is 1. The molecule has 0 aromatic carbocycles. The number of hydrogen-bond acceptors (Lipinski definition) is 3. The van der Waals surface area contributed by atoms with Crippen LogP contribution in [0, 0.1) is 5.92 Å². The summed E-state index contributed by atoms with van der Waals surface area (Å²) in [6.45, 7) is 1.51. The average Bonchev–Trinajstić information content (AvgIpc) is 2.04. The van der Waals surface area contributed by atoms with Crippen molar-refractivity contribution >= 4 is 5.97 Å². The van der Waals surface area contributed by atoms with Crippen LogP contribution in [0.25, 0.3) is 0 Å². The zero-order valence-corrected chi connectivity index (χ0v) is 7.58. The first kappa shape index (κ1) is 9.48. The van der Waals surface area contributed by atoms with Crippen molar-refractivity contribution in [2.24, 2.45) is 5.92 Å². The molecule has 0 aromatic heterocycles. The fraction of sp³-hybridized carbons (Fsp3) is 0.875. The van der Waals surface area contributed by atoms with E-state index in [1.54, 1.807) is 0 Å². The maximum absolute atomic E-state index is 10.7. The molecule has 1 rings (SSSR count). The summed E-state index contributed by atoms with van der Waals surface area (Å²) in [6.07, 6.45) is 0.759. The van der Waals surface area contributed by atoms with Crippen molar-refractivity contribution in [3.63, 3.8) is 0 Å². The third-order valence-electron chi connectivity index (χ3n) is 2.41. The van der Waals surface area contributed by atoms with Crippen molar-refractivity contribution in [3.05, 3.63) is 0 Å². The average molecular weight is 172 g/mol. The Balaban J connectivity index is 2.46. The van der Waals surface area contributed by atoms with Crippen molar-refractivity contribution < 1.29 is 9.90 Å². The molecule has 0 aromatic rings. The highest BCUT2D eigenvalue weighted by atomic mass is 16.4. The zero-order chi connectivity index (χ0) is 9.14. The summed E-state index contributed by atoms with van der Waals surface area (Å²) in [5, 5.41) is 11.9. The van der Waals surface area contributed by atoms with Crippen LogP contribution in [0.4, 0.5) is 0 Å². The lowest BCUT2D eigenvalue weighted by Gasteiger charge is -2.32. The summed E-state index contributed by atoms with van der Waals surface area (Å²) in [5.41, 5.74) is 0. The van der Waals surface area contributed by atoms with E-state index in [-0.39, 0.29) is 5.92 Å². The molecule has 2 atom stereocenters. The number of carboxylic acid groups (broad SMARTS) is 1. The molecule has 1 saturated heterocycles. The van der Waals surface area contributed by atoms with Gasteiger partial charge in [-0.15, -0.1) is 0 Å². The molecule has 70 valence electrons. The van der Waals surface area contributed by atoms with Crippen molar-refractivity contribution in [3.8, 4) is 0 Å². The van der Waals surface area contributed by atoms with Gasteiger partial charge in [0, 0.05) is 19.1 Å². The lowest BCUT2D eigenvalue weighted by Crippen LogP contribution is -2.48. The van der Waals surface area contributed by atoms with E-state index in [1.165, 1.54) is 0 Å². The quantitative estimate of drug-likeness (QED) is 0.595. The Morgan fingerprint density at radius 2 is 2.17 bits per heavy atom. The van der Waals surface area contributed by atoms with Gasteiger partial charge in [-0.2, -0.15) is 0 Å². The molecule has 0 radical (unpaired) electrons. The molecule has 1 aliphatic heterocycles. The van der Waals surface area contributed by atoms with E-state index < -0.39 is 5.97 Å². The SMILES string of the molecule is CN(C)[C@H]1CNC[C@@H](C(=O)O)C1. The first-order chi connectivity index (χ1) is 5.61. The maximum Gasteiger partial charge on any atom is 0.307 e. The molecular formula is C8H16N2O2. The Morgan fingerprint density at radius 3 is 2.67 bits per heavy atom. The van der Waals surface area contributed by atoms with Gasteiger partial charge in [0.25, 0.3) is 0 Å². The lowest BCUT2D eigenvalue weighted by atomic mass is 9.95. The fourth-order valence-corrected chi connectivity index (χ4v) is 1.50. The van der Waals surface area contributed by atoms with Gasteiger partial charge in [0.2, 0.25) is 0 Å². The van der Waals surface area contributed by atoms with Gasteiger partial charge in [0.1, 0.15) is 0 Å². The molecule has 0 bridgehead atoms. The van der Waals surface area contributed by atoms with Gasteiger partial charge in [0.15, 0.2) is 0 Å².